The zero-order chi connectivity index (χ0) is 11.1. The highest BCUT2D eigenvalue weighted by Crippen LogP contribution is 2.37. The number of nitrogens with two attached hydrogens (primary N) is 1. The Labute approximate surface area is 98.6 Å². The maximum atomic E-state index is 9.60. The minimum atomic E-state index is 0.109. The average Bonchev–Trinajstić information content (AvgIpc) is 2.90. The first-order valence-electron chi connectivity index (χ1n) is 5.27. The summed E-state index contributed by atoms with van der Waals surface area (Å²) >= 11 is 3.35. The fourth-order valence-corrected chi connectivity index (χ4v) is 2.36. The number of phenols is 1. The van der Waals surface area contributed by atoms with Gasteiger partial charge in [-0.25, -0.2) is 0 Å². The minimum absolute atomic E-state index is 0.109. The van der Waals surface area contributed by atoms with Crippen LogP contribution in [0.15, 0.2) is 16.6 Å². The highest BCUT2D eigenvalue weighted by molar-refractivity contribution is 9.10. The average molecular weight is 270 g/mol. The molecule has 1 aromatic rings. The van der Waals surface area contributed by atoms with E-state index in [9.17, 15) is 5.11 Å². The van der Waals surface area contributed by atoms with Gasteiger partial charge in [-0.3, -0.25) is 0 Å². The summed E-state index contributed by atoms with van der Waals surface area (Å²) in [7, 11) is 0. The Hall–Kier alpha value is -0.540. The van der Waals surface area contributed by atoms with Crippen molar-refractivity contribution < 1.29 is 5.11 Å². The Kier molecular flexibility index (Phi) is 2.77. The Morgan fingerprint density at radius 3 is 2.67 bits per heavy atom. The Morgan fingerprint density at radius 2 is 2.13 bits per heavy atom. The number of hydrogen-bond donors (Lipinski definition) is 2. The van der Waals surface area contributed by atoms with E-state index < -0.39 is 0 Å². The third kappa shape index (κ3) is 2.52. The van der Waals surface area contributed by atoms with Crippen LogP contribution >= 0.6 is 15.9 Å². The van der Waals surface area contributed by atoms with Crippen LogP contribution in [0.25, 0.3) is 0 Å². The molecular formula is C12H16BrNO. The lowest BCUT2D eigenvalue weighted by molar-refractivity contribution is 0.467. The van der Waals surface area contributed by atoms with Gasteiger partial charge in [0.05, 0.1) is 4.47 Å². The molecule has 0 radical (unpaired) electrons. The van der Waals surface area contributed by atoms with Crippen molar-refractivity contribution in [3.05, 3.63) is 27.7 Å². The molecule has 0 spiro atoms. The molecule has 0 aromatic heterocycles. The Bertz CT molecular complexity index is 362. The molecule has 0 heterocycles. The van der Waals surface area contributed by atoms with Crippen LogP contribution in [0.4, 0.5) is 0 Å². The quantitative estimate of drug-likeness (QED) is 0.887. The van der Waals surface area contributed by atoms with E-state index in [1.54, 1.807) is 0 Å². The summed E-state index contributed by atoms with van der Waals surface area (Å²) in [5.74, 6) is 0.340. The summed E-state index contributed by atoms with van der Waals surface area (Å²) in [5.41, 5.74) is 8.31. The summed E-state index contributed by atoms with van der Waals surface area (Å²) < 4.78 is 0.777. The van der Waals surface area contributed by atoms with Crippen LogP contribution in [0.2, 0.25) is 0 Å². The van der Waals surface area contributed by atoms with Crippen LogP contribution < -0.4 is 5.73 Å². The van der Waals surface area contributed by atoms with Crippen molar-refractivity contribution >= 4 is 15.9 Å². The van der Waals surface area contributed by atoms with Crippen molar-refractivity contribution in [3.63, 3.8) is 0 Å². The maximum Gasteiger partial charge on any atom is 0.132 e. The van der Waals surface area contributed by atoms with E-state index in [1.165, 1.54) is 5.56 Å². The van der Waals surface area contributed by atoms with Crippen molar-refractivity contribution in [2.24, 2.45) is 5.73 Å². The predicted octanol–water partition coefficient (Wildman–Crippen LogP) is 2.89. The highest BCUT2D eigenvalue weighted by atomic mass is 79.9. The monoisotopic (exact) mass is 269 g/mol. The minimum Gasteiger partial charge on any atom is -0.506 e. The number of halogens is 1. The SMILES string of the molecule is Cc1cc(CCC2(N)CC2)cc(Br)c1O. The molecular weight excluding hydrogens is 254 g/mol. The largest absolute Gasteiger partial charge is 0.506 e. The molecule has 0 saturated heterocycles. The second-order valence-electron chi connectivity index (χ2n) is 4.61. The van der Waals surface area contributed by atoms with Crippen LogP contribution in [0.5, 0.6) is 5.75 Å². The van der Waals surface area contributed by atoms with E-state index in [2.05, 4.69) is 15.9 Å². The fourth-order valence-electron chi connectivity index (χ4n) is 1.76. The molecule has 1 fully saturated rings. The van der Waals surface area contributed by atoms with Gasteiger partial charge in [0.2, 0.25) is 0 Å². The van der Waals surface area contributed by atoms with Crippen molar-refractivity contribution in [2.45, 2.75) is 38.1 Å². The first kappa shape index (κ1) is 11.0. The first-order chi connectivity index (χ1) is 7.00. The molecule has 0 atom stereocenters. The van der Waals surface area contributed by atoms with Crippen molar-refractivity contribution in [1.82, 2.24) is 0 Å². The van der Waals surface area contributed by atoms with Gasteiger partial charge in [0.1, 0.15) is 5.75 Å². The summed E-state index contributed by atoms with van der Waals surface area (Å²) in [6.45, 7) is 1.92. The molecule has 2 nitrogen and oxygen atoms in total. The molecule has 3 heteroatoms. The van der Waals surface area contributed by atoms with Gasteiger partial charge in [0.15, 0.2) is 0 Å². The Balaban J connectivity index is 2.08. The molecule has 1 aromatic carbocycles. The van der Waals surface area contributed by atoms with Crippen molar-refractivity contribution in [2.75, 3.05) is 0 Å². The van der Waals surface area contributed by atoms with Crippen LogP contribution in [0.3, 0.4) is 0 Å². The van der Waals surface area contributed by atoms with Gasteiger partial charge in [0, 0.05) is 5.54 Å². The topological polar surface area (TPSA) is 46.2 Å². The summed E-state index contributed by atoms with van der Waals surface area (Å²) in [5, 5.41) is 9.60. The molecule has 15 heavy (non-hydrogen) atoms. The lowest BCUT2D eigenvalue weighted by Gasteiger charge is -2.10. The van der Waals surface area contributed by atoms with Crippen molar-refractivity contribution in [3.8, 4) is 5.75 Å². The highest BCUT2D eigenvalue weighted by Gasteiger charge is 2.37. The first-order valence-corrected chi connectivity index (χ1v) is 6.06. The smallest absolute Gasteiger partial charge is 0.132 e. The second kappa shape index (κ2) is 3.80. The number of aryl methyl sites for hydroxylation is 2. The third-order valence-electron chi connectivity index (χ3n) is 3.12. The third-order valence-corrected chi connectivity index (χ3v) is 3.72. The van der Waals surface area contributed by atoms with E-state index in [4.69, 9.17) is 5.73 Å². The van der Waals surface area contributed by atoms with Crippen LogP contribution in [0, 0.1) is 6.92 Å². The van der Waals surface area contributed by atoms with Crippen LogP contribution in [-0.4, -0.2) is 10.6 Å². The number of hydrogen-bond acceptors (Lipinski definition) is 2. The second-order valence-corrected chi connectivity index (χ2v) is 5.46. The van der Waals surface area contributed by atoms with Crippen LogP contribution in [-0.2, 0) is 6.42 Å². The van der Waals surface area contributed by atoms with Crippen LogP contribution in [0.1, 0.15) is 30.4 Å². The molecule has 0 aliphatic heterocycles. The maximum absolute atomic E-state index is 9.60. The van der Waals surface area contributed by atoms with Gasteiger partial charge in [-0.1, -0.05) is 6.07 Å². The molecule has 82 valence electrons. The lowest BCUT2D eigenvalue weighted by Crippen LogP contribution is -2.22. The standard InChI is InChI=1S/C12H16BrNO/c1-8-6-9(7-10(13)11(8)15)2-3-12(14)4-5-12/h6-7,15H,2-5,14H2,1H3. The summed E-state index contributed by atoms with van der Waals surface area (Å²) in [6.07, 6.45) is 4.36. The normalized spacial score (nSPS) is 17.8. The number of benzene rings is 1. The summed E-state index contributed by atoms with van der Waals surface area (Å²) in [4.78, 5) is 0. The fraction of sp³-hybridized carbons (Fsp3) is 0.500. The molecule has 0 amide bonds. The van der Waals surface area contributed by atoms with E-state index in [0.29, 0.717) is 5.75 Å². The predicted molar refractivity (Wildman–Crippen MR) is 65.0 cm³/mol. The van der Waals surface area contributed by atoms with Gasteiger partial charge < -0.3 is 10.8 Å². The van der Waals surface area contributed by atoms with Gasteiger partial charge in [0.25, 0.3) is 0 Å². The molecule has 0 unspecified atom stereocenters. The van der Waals surface area contributed by atoms with E-state index in [-0.39, 0.29) is 5.54 Å². The summed E-state index contributed by atoms with van der Waals surface area (Å²) in [6, 6.07) is 4.01. The number of aromatic hydroxyl groups is 1. The van der Waals surface area contributed by atoms with E-state index in [0.717, 1.165) is 35.7 Å². The zero-order valence-electron chi connectivity index (χ0n) is 8.89. The molecule has 3 N–H and O–H groups in total. The number of rotatable bonds is 3. The van der Waals surface area contributed by atoms with Gasteiger partial charge in [-0.05, 0) is 65.7 Å². The van der Waals surface area contributed by atoms with Gasteiger partial charge in [-0.2, -0.15) is 0 Å². The molecule has 2 rings (SSSR count). The van der Waals surface area contributed by atoms with E-state index in [1.807, 2.05) is 19.1 Å². The molecule has 1 saturated carbocycles. The van der Waals surface area contributed by atoms with Gasteiger partial charge in [-0.15, -0.1) is 0 Å². The van der Waals surface area contributed by atoms with E-state index >= 15 is 0 Å². The molecule has 1 aliphatic carbocycles. The molecule has 1 aliphatic rings. The Morgan fingerprint density at radius 1 is 1.47 bits per heavy atom. The lowest BCUT2D eigenvalue weighted by atomic mass is 10.0. The van der Waals surface area contributed by atoms with Gasteiger partial charge >= 0.3 is 0 Å². The zero-order valence-corrected chi connectivity index (χ0v) is 10.5. The van der Waals surface area contributed by atoms with Crippen molar-refractivity contribution in [1.29, 1.82) is 0 Å². The number of phenolic OH excluding ortho intramolecular Hbond substituents is 1. The molecule has 0 bridgehead atoms.